The van der Waals surface area contributed by atoms with E-state index in [9.17, 15) is 4.79 Å². The Morgan fingerprint density at radius 3 is 2.76 bits per heavy atom. The fourth-order valence-electron chi connectivity index (χ4n) is 3.31. The molecule has 0 N–H and O–H groups in total. The number of fused-ring (bicyclic) bond motifs is 1. The Bertz CT molecular complexity index is 742. The van der Waals surface area contributed by atoms with Gasteiger partial charge in [-0.3, -0.25) is 4.79 Å². The summed E-state index contributed by atoms with van der Waals surface area (Å²) in [6.45, 7) is 4.45. The van der Waals surface area contributed by atoms with Crippen molar-refractivity contribution in [3.63, 3.8) is 0 Å². The molecule has 25 heavy (non-hydrogen) atoms. The summed E-state index contributed by atoms with van der Waals surface area (Å²) in [6, 6.07) is 9.78. The Labute approximate surface area is 146 Å². The van der Waals surface area contributed by atoms with Gasteiger partial charge in [-0.05, 0) is 12.1 Å². The number of hydrogen-bond acceptors (Lipinski definition) is 5. The summed E-state index contributed by atoms with van der Waals surface area (Å²) in [7, 11) is 1.67. The number of rotatable bonds is 3. The van der Waals surface area contributed by atoms with E-state index in [-0.39, 0.29) is 5.91 Å². The number of carbonyl (C=O) groups excluding carboxylic acids is 1. The van der Waals surface area contributed by atoms with Gasteiger partial charge in [0.15, 0.2) is 5.69 Å². The zero-order valence-corrected chi connectivity index (χ0v) is 14.4. The smallest absolute Gasteiger partial charge is 0.274 e. The normalized spacial score (nSPS) is 17.0. The van der Waals surface area contributed by atoms with Gasteiger partial charge < -0.3 is 19.3 Å². The molecule has 0 atom stereocenters. The molecule has 0 saturated carbocycles. The second-order valence-electron chi connectivity index (χ2n) is 6.27. The first-order valence-corrected chi connectivity index (χ1v) is 8.63. The molecule has 0 aliphatic carbocycles. The minimum Gasteiger partial charge on any atom is -0.497 e. The van der Waals surface area contributed by atoms with E-state index in [2.05, 4.69) is 16.1 Å². The number of ether oxygens (including phenoxy) is 2. The average Bonchev–Trinajstić information content (AvgIpc) is 3.12. The van der Waals surface area contributed by atoms with Gasteiger partial charge in [0.2, 0.25) is 5.88 Å². The quantitative estimate of drug-likeness (QED) is 0.849. The molecule has 2 aliphatic heterocycles. The number of amides is 1. The lowest BCUT2D eigenvalue weighted by atomic mass is 10.2. The van der Waals surface area contributed by atoms with Gasteiger partial charge in [0.05, 0.1) is 13.7 Å². The van der Waals surface area contributed by atoms with E-state index >= 15 is 0 Å². The lowest BCUT2D eigenvalue weighted by Gasteiger charge is -2.35. The number of benzene rings is 1. The Morgan fingerprint density at radius 1 is 1.16 bits per heavy atom. The third kappa shape index (κ3) is 3.14. The number of nitrogens with zero attached hydrogens (tertiary/aromatic N) is 4. The van der Waals surface area contributed by atoms with Gasteiger partial charge in [-0.15, -0.1) is 0 Å². The van der Waals surface area contributed by atoms with Crippen molar-refractivity contribution in [2.24, 2.45) is 0 Å². The Balaban J connectivity index is 1.41. The predicted molar refractivity (Wildman–Crippen MR) is 93.4 cm³/mol. The van der Waals surface area contributed by atoms with Crippen molar-refractivity contribution in [1.29, 1.82) is 0 Å². The van der Waals surface area contributed by atoms with Crippen molar-refractivity contribution in [2.45, 2.75) is 13.0 Å². The van der Waals surface area contributed by atoms with E-state index in [0.717, 1.165) is 37.5 Å². The number of aromatic nitrogens is 2. The van der Waals surface area contributed by atoms with Gasteiger partial charge in [-0.1, -0.05) is 6.07 Å². The van der Waals surface area contributed by atoms with Gasteiger partial charge >= 0.3 is 0 Å². The molecule has 7 nitrogen and oxygen atoms in total. The molecule has 1 saturated heterocycles. The van der Waals surface area contributed by atoms with E-state index in [1.165, 1.54) is 0 Å². The first-order chi connectivity index (χ1) is 12.2. The van der Waals surface area contributed by atoms with Crippen molar-refractivity contribution >= 4 is 11.6 Å². The van der Waals surface area contributed by atoms with Crippen LogP contribution < -0.4 is 14.4 Å². The lowest BCUT2D eigenvalue weighted by molar-refractivity contribution is 0.0740. The molecular weight excluding hydrogens is 320 g/mol. The second-order valence-corrected chi connectivity index (χ2v) is 6.27. The van der Waals surface area contributed by atoms with Crippen molar-refractivity contribution in [3.05, 3.63) is 36.0 Å². The van der Waals surface area contributed by atoms with Crippen LogP contribution in [0.25, 0.3) is 0 Å². The van der Waals surface area contributed by atoms with Gasteiger partial charge in [-0.2, -0.15) is 5.10 Å². The van der Waals surface area contributed by atoms with Crippen LogP contribution in [-0.2, 0) is 6.54 Å². The Kier molecular flexibility index (Phi) is 4.21. The average molecular weight is 342 g/mol. The first kappa shape index (κ1) is 15.8. The number of aryl methyl sites for hydroxylation is 1. The van der Waals surface area contributed by atoms with E-state index in [1.54, 1.807) is 17.9 Å². The molecule has 0 bridgehead atoms. The van der Waals surface area contributed by atoms with Crippen molar-refractivity contribution < 1.29 is 14.3 Å². The molecule has 1 aromatic carbocycles. The third-order valence-corrected chi connectivity index (χ3v) is 4.71. The SMILES string of the molecule is COc1cccc(N2CCN(C(=O)c3cc4n(n3)CCCO4)CC2)c1. The van der Waals surface area contributed by atoms with Crippen LogP contribution in [0.1, 0.15) is 16.9 Å². The summed E-state index contributed by atoms with van der Waals surface area (Å²) < 4.78 is 12.6. The largest absolute Gasteiger partial charge is 0.497 e. The molecule has 1 aromatic heterocycles. The monoisotopic (exact) mass is 342 g/mol. The highest BCUT2D eigenvalue weighted by atomic mass is 16.5. The summed E-state index contributed by atoms with van der Waals surface area (Å²) in [5.74, 6) is 1.53. The van der Waals surface area contributed by atoms with E-state index in [0.29, 0.717) is 31.3 Å². The molecule has 4 rings (SSSR count). The summed E-state index contributed by atoms with van der Waals surface area (Å²) in [4.78, 5) is 16.9. The lowest BCUT2D eigenvalue weighted by Crippen LogP contribution is -2.48. The van der Waals surface area contributed by atoms with Crippen LogP contribution in [-0.4, -0.2) is 60.5 Å². The number of piperazine rings is 1. The first-order valence-electron chi connectivity index (χ1n) is 8.63. The van der Waals surface area contributed by atoms with Crippen molar-refractivity contribution in [3.8, 4) is 11.6 Å². The standard InChI is InChI=1S/C18H22N4O3/c1-24-15-5-2-4-14(12-15)20-7-9-21(10-8-20)18(23)16-13-17-22(19-16)6-3-11-25-17/h2,4-5,12-13H,3,6-11H2,1H3. The van der Waals surface area contributed by atoms with Crippen LogP contribution in [0, 0.1) is 0 Å². The molecule has 1 fully saturated rings. The molecule has 2 aromatic rings. The highest BCUT2D eigenvalue weighted by Gasteiger charge is 2.26. The maximum absolute atomic E-state index is 12.7. The van der Waals surface area contributed by atoms with Crippen LogP contribution in [0.15, 0.2) is 30.3 Å². The van der Waals surface area contributed by atoms with Crippen LogP contribution in [0.5, 0.6) is 11.6 Å². The van der Waals surface area contributed by atoms with Crippen LogP contribution in [0.4, 0.5) is 5.69 Å². The minimum absolute atomic E-state index is 0.0178. The Hall–Kier alpha value is -2.70. The van der Waals surface area contributed by atoms with Crippen LogP contribution >= 0.6 is 0 Å². The summed E-state index contributed by atoms with van der Waals surface area (Å²) in [5, 5.41) is 4.40. The summed E-state index contributed by atoms with van der Waals surface area (Å²) >= 11 is 0. The highest BCUT2D eigenvalue weighted by molar-refractivity contribution is 5.92. The number of methoxy groups -OCH3 is 1. The van der Waals surface area contributed by atoms with Crippen LogP contribution in [0.2, 0.25) is 0 Å². The fraction of sp³-hybridized carbons (Fsp3) is 0.444. The Morgan fingerprint density at radius 2 is 2.00 bits per heavy atom. The maximum Gasteiger partial charge on any atom is 0.274 e. The maximum atomic E-state index is 12.7. The summed E-state index contributed by atoms with van der Waals surface area (Å²) in [6.07, 6.45) is 0.932. The third-order valence-electron chi connectivity index (χ3n) is 4.71. The van der Waals surface area contributed by atoms with E-state index < -0.39 is 0 Å². The number of carbonyl (C=O) groups is 1. The van der Waals surface area contributed by atoms with Crippen molar-refractivity contribution in [1.82, 2.24) is 14.7 Å². The van der Waals surface area contributed by atoms with Gasteiger partial charge in [-0.25, -0.2) is 4.68 Å². The molecule has 7 heteroatoms. The number of hydrogen-bond donors (Lipinski definition) is 0. The molecule has 132 valence electrons. The molecule has 0 unspecified atom stereocenters. The molecular formula is C18H22N4O3. The highest BCUT2D eigenvalue weighted by Crippen LogP contribution is 2.23. The zero-order valence-electron chi connectivity index (χ0n) is 14.4. The van der Waals surface area contributed by atoms with Gasteiger partial charge in [0.1, 0.15) is 5.75 Å². The topological polar surface area (TPSA) is 59.8 Å². The summed E-state index contributed by atoms with van der Waals surface area (Å²) in [5.41, 5.74) is 1.60. The molecule has 3 heterocycles. The van der Waals surface area contributed by atoms with E-state index in [4.69, 9.17) is 9.47 Å². The fourth-order valence-corrected chi connectivity index (χ4v) is 3.31. The van der Waals surface area contributed by atoms with E-state index in [1.807, 2.05) is 23.1 Å². The number of anilines is 1. The molecule has 2 aliphatic rings. The predicted octanol–water partition coefficient (Wildman–Crippen LogP) is 1.64. The molecule has 0 radical (unpaired) electrons. The van der Waals surface area contributed by atoms with Crippen molar-refractivity contribution in [2.75, 3.05) is 44.8 Å². The van der Waals surface area contributed by atoms with Gasteiger partial charge in [0, 0.05) is 57.0 Å². The molecule has 1 amide bonds. The second kappa shape index (κ2) is 6.66. The zero-order chi connectivity index (χ0) is 17.2. The van der Waals surface area contributed by atoms with Gasteiger partial charge in [0.25, 0.3) is 5.91 Å². The molecule has 0 spiro atoms. The van der Waals surface area contributed by atoms with Crippen LogP contribution in [0.3, 0.4) is 0 Å². The minimum atomic E-state index is -0.0178.